The first-order valence-corrected chi connectivity index (χ1v) is 4.87. The molecule has 1 aromatic rings. The van der Waals surface area contributed by atoms with Crippen molar-refractivity contribution in [1.29, 1.82) is 0 Å². The molecule has 1 unspecified atom stereocenters. The van der Waals surface area contributed by atoms with E-state index in [-0.39, 0.29) is 6.04 Å². The van der Waals surface area contributed by atoms with Crippen LogP contribution in [0.4, 0.5) is 0 Å². The van der Waals surface area contributed by atoms with Gasteiger partial charge in [-0.05, 0) is 13.8 Å². The summed E-state index contributed by atoms with van der Waals surface area (Å²) in [5, 5.41) is 0. The highest BCUT2D eigenvalue weighted by Crippen LogP contribution is 2.19. The molecule has 1 atom stereocenters. The van der Waals surface area contributed by atoms with Crippen LogP contribution in [0.5, 0.6) is 0 Å². The Hall–Kier alpha value is -0.450. The molecule has 0 aliphatic heterocycles. The van der Waals surface area contributed by atoms with E-state index in [4.69, 9.17) is 10.5 Å². The molecule has 0 aliphatic rings. The van der Waals surface area contributed by atoms with Crippen molar-refractivity contribution in [2.24, 2.45) is 5.73 Å². The van der Waals surface area contributed by atoms with E-state index in [1.54, 1.807) is 11.3 Å². The molecule has 0 aliphatic carbocycles. The summed E-state index contributed by atoms with van der Waals surface area (Å²) < 4.78 is 5.23. The van der Waals surface area contributed by atoms with Gasteiger partial charge in [0.25, 0.3) is 0 Å². The SMILES string of the molecule is CCOCC(N)c1scnc1C. The van der Waals surface area contributed by atoms with Gasteiger partial charge in [-0.1, -0.05) is 0 Å². The van der Waals surface area contributed by atoms with Crippen molar-refractivity contribution in [2.75, 3.05) is 13.2 Å². The van der Waals surface area contributed by atoms with E-state index in [2.05, 4.69) is 4.98 Å². The van der Waals surface area contributed by atoms with Crippen molar-refractivity contribution < 1.29 is 4.74 Å². The minimum absolute atomic E-state index is 0.0163. The number of aryl methyl sites for hydroxylation is 1. The van der Waals surface area contributed by atoms with Gasteiger partial charge < -0.3 is 10.5 Å². The Morgan fingerprint density at radius 2 is 2.50 bits per heavy atom. The maximum absolute atomic E-state index is 5.87. The maximum Gasteiger partial charge on any atom is 0.0798 e. The van der Waals surface area contributed by atoms with Crippen molar-refractivity contribution >= 4 is 11.3 Å². The summed E-state index contributed by atoms with van der Waals surface area (Å²) in [6.07, 6.45) is 0. The molecule has 0 bridgehead atoms. The van der Waals surface area contributed by atoms with Gasteiger partial charge in [-0.15, -0.1) is 11.3 Å². The minimum Gasteiger partial charge on any atom is -0.380 e. The highest BCUT2D eigenvalue weighted by molar-refractivity contribution is 7.09. The molecule has 2 N–H and O–H groups in total. The Labute approximate surface area is 76.6 Å². The smallest absolute Gasteiger partial charge is 0.0798 e. The van der Waals surface area contributed by atoms with E-state index >= 15 is 0 Å². The zero-order valence-corrected chi connectivity index (χ0v) is 8.23. The number of nitrogens with zero attached hydrogens (tertiary/aromatic N) is 1. The van der Waals surface area contributed by atoms with E-state index in [1.165, 1.54) is 0 Å². The predicted molar refractivity (Wildman–Crippen MR) is 50.3 cm³/mol. The summed E-state index contributed by atoms with van der Waals surface area (Å²) in [5.74, 6) is 0. The molecule has 1 rings (SSSR count). The van der Waals surface area contributed by atoms with Gasteiger partial charge in [0, 0.05) is 11.5 Å². The standard InChI is InChI=1S/C8H14N2OS/c1-3-11-4-7(9)8-6(2)10-5-12-8/h5,7H,3-4,9H2,1-2H3. The number of hydrogen-bond acceptors (Lipinski definition) is 4. The fraction of sp³-hybridized carbons (Fsp3) is 0.625. The van der Waals surface area contributed by atoms with Gasteiger partial charge in [0.1, 0.15) is 0 Å². The lowest BCUT2D eigenvalue weighted by Gasteiger charge is -2.09. The van der Waals surface area contributed by atoms with Crippen LogP contribution in [0.2, 0.25) is 0 Å². The number of hydrogen-bond donors (Lipinski definition) is 1. The van der Waals surface area contributed by atoms with Crippen molar-refractivity contribution in [2.45, 2.75) is 19.9 Å². The molecule has 0 spiro atoms. The third kappa shape index (κ3) is 2.27. The fourth-order valence-electron chi connectivity index (χ4n) is 0.987. The first-order valence-electron chi connectivity index (χ1n) is 3.99. The van der Waals surface area contributed by atoms with Crippen molar-refractivity contribution in [3.05, 3.63) is 16.1 Å². The molecule has 0 fully saturated rings. The van der Waals surface area contributed by atoms with E-state index in [0.717, 1.165) is 10.6 Å². The summed E-state index contributed by atoms with van der Waals surface area (Å²) >= 11 is 1.59. The third-order valence-electron chi connectivity index (χ3n) is 1.62. The van der Waals surface area contributed by atoms with Gasteiger partial charge in [0.05, 0.1) is 23.9 Å². The molecule has 0 saturated carbocycles. The molecular weight excluding hydrogens is 172 g/mol. The molecule has 0 saturated heterocycles. The first-order chi connectivity index (χ1) is 5.75. The second-order valence-corrected chi connectivity index (χ2v) is 3.45. The number of nitrogens with two attached hydrogens (primary N) is 1. The van der Waals surface area contributed by atoms with Crippen molar-refractivity contribution in [3.8, 4) is 0 Å². The van der Waals surface area contributed by atoms with Gasteiger partial charge in [-0.3, -0.25) is 0 Å². The summed E-state index contributed by atoms with van der Waals surface area (Å²) in [7, 11) is 0. The van der Waals surface area contributed by atoms with Crippen LogP contribution in [0.25, 0.3) is 0 Å². The number of ether oxygens (including phenoxy) is 1. The quantitative estimate of drug-likeness (QED) is 0.775. The second kappa shape index (κ2) is 4.54. The Bertz CT molecular complexity index is 237. The summed E-state index contributed by atoms with van der Waals surface area (Å²) in [4.78, 5) is 5.26. The average Bonchev–Trinajstić information content (AvgIpc) is 2.47. The lowest BCUT2D eigenvalue weighted by Crippen LogP contribution is -2.16. The Balaban J connectivity index is 2.52. The molecule has 0 amide bonds. The molecular formula is C8H14N2OS. The van der Waals surface area contributed by atoms with Crippen molar-refractivity contribution in [1.82, 2.24) is 4.98 Å². The van der Waals surface area contributed by atoms with Crippen LogP contribution in [0, 0.1) is 6.92 Å². The van der Waals surface area contributed by atoms with Gasteiger partial charge in [0.2, 0.25) is 0 Å². The van der Waals surface area contributed by atoms with Gasteiger partial charge in [0.15, 0.2) is 0 Å². The molecule has 1 aromatic heterocycles. The molecule has 68 valence electrons. The normalized spacial score (nSPS) is 13.2. The van der Waals surface area contributed by atoms with Crippen LogP contribution in [0.3, 0.4) is 0 Å². The molecule has 12 heavy (non-hydrogen) atoms. The van der Waals surface area contributed by atoms with E-state index in [9.17, 15) is 0 Å². The summed E-state index contributed by atoms with van der Waals surface area (Å²) in [6.45, 7) is 5.23. The molecule has 3 nitrogen and oxygen atoms in total. The van der Waals surface area contributed by atoms with Crippen LogP contribution in [-0.4, -0.2) is 18.2 Å². The first kappa shape index (κ1) is 9.64. The molecule has 0 radical (unpaired) electrons. The predicted octanol–water partition coefficient (Wildman–Crippen LogP) is 1.49. The van der Waals surface area contributed by atoms with Crippen LogP contribution in [0.1, 0.15) is 23.5 Å². The Morgan fingerprint density at radius 1 is 1.75 bits per heavy atom. The molecule has 4 heteroatoms. The van der Waals surface area contributed by atoms with Crippen LogP contribution < -0.4 is 5.73 Å². The van der Waals surface area contributed by atoms with Gasteiger partial charge >= 0.3 is 0 Å². The lowest BCUT2D eigenvalue weighted by molar-refractivity contribution is 0.134. The van der Waals surface area contributed by atoms with Crippen LogP contribution in [0.15, 0.2) is 5.51 Å². The summed E-state index contributed by atoms with van der Waals surface area (Å²) in [6, 6.07) is -0.0163. The second-order valence-electron chi connectivity index (χ2n) is 2.57. The maximum atomic E-state index is 5.87. The number of thiazole rings is 1. The molecule has 0 aromatic carbocycles. The summed E-state index contributed by atoms with van der Waals surface area (Å²) in [5.41, 5.74) is 8.71. The topological polar surface area (TPSA) is 48.1 Å². The Morgan fingerprint density at radius 3 is 3.00 bits per heavy atom. The zero-order valence-electron chi connectivity index (χ0n) is 7.41. The zero-order chi connectivity index (χ0) is 8.97. The van der Waals surface area contributed by atoms with Gasteiger partial charge in [-0.25, -0.2) is 4.98 Å². The monoisotopic (exact) mass is 186 g/mol. The van der Waals surface area contributed by atoms with Gasteiger partial charge in [-0.2, -0.15) is 0 Å². The largest absolute Gasteiger partial charge is 0.380 e. The fourth-order valence-corrected chi connectivity index (χ4v) is 1.78. The third-order valence-corrected chi connectivity index (χ3v) is 2.68. The van der Waals surface area contributed by atoms with Crippen molar-refractivity contribution in [3.63, 3.8) is 0 Å². The number of aromatic nitrogens is 1. The lowest BCUT2D eigenvalue weighted by atomic mass is 10.2. The molecule has 1 heterocycles. The number of rotatable bonds is 4. The van der Waals surface area contributed by atoms with E-state index < -0.39 is 0 Å². The highest BCUT2D eigenvalue weighted by Gasteiger charge is 2.10. The van der Waals surface area contributed by atoms with Crippen LogP contribution in [-0.2, 0) is 4.74 Å². The Kier molecular flexibility index (Phi) is 3.65. The highest BCUT2D eigenvalue weighted by atomic mass is 32.1. The minimum atomic E-state index is -0.0163. The average molecular weight is 186 g/mol. The van der Waals surface area contributed by atoms with E-state index in [1.807, 2.05) is 19.4 Å². The van der Waals surface area contributed by atoms with Crippen LogP contribution >= 0.6 is 11.3 Å². The van der Waals surface area contributed by atoms with E-state index in [0.29, 0.717) is 13.2 Å².